The Balaban J connectivity index is 2.17. The van der Waals surface area contributed by atoms with E-state index in [1.54, 1.807) is 0 Å². The monoisotopic (exact) mass is 349 g/mol. The summed E-state index contributed by atoms with van der Waals surface area (Å²) in [7, 11) is 0. The van der Waals surface area contributed by atoms with Crippen LogP contribution in [0.2, 0.25) is 0 Å². The van der Waals surface area contributed by atoms with Crippen LogP contribution in [0.4, 0.5) is 0 Å². The van der Waals surface area contributed by atoms with Crippen LogP contribution in [-0.2, 0) is 10.2 Å². The molecule has 1 amide bonds. The van der Waals surface area contributed by atoms with E-state index in [-0.39, 0.29) is 23.2 Å². The Kier molecular flexibility index (Phi) is 4.59. The fraction of sp³-hybridized carbons (Fsp3) is 0.650. The Morgan fingerprint density at radius 3 is 2.58 bits per heavy atom. The standard InChI is InChI=1S/C20H28ClNO2/c1-11-9-14(20(2,3)4)19(24)17-16(11)12-7-5-6-8-13(12)18(17)22-15(23)10-21/h9,12-13,18,24H,5-8,10H2,1-4H3,(H,22,23). The molecule has 3 atom stereocenters. The van der Waals surface area contributed by atoms with Gasteiger partial charge in [-0.25, -0.2) is 0 Å². The number of nitrogens with one attached hydrogen (secondary N) is 1. The molecule has 1 aromatic carbocycles. The van der Waals surface area contributed by atoms with Gasteiger partial charge in [0.2, 0.25) is 5.91 Å². The predicted molar refractivity (Wildman–Crippen MR) is 97.8 cm³/mol. The summed E-state index contributed by atoms with van der Waals surface area (Å²) in [5.74, 6) is 0.992. The van der Waals surface area contributed by atoms with Crippen LogP contribution in [0.1, 0.15) is 80.7 Å². The number of aryl methyl sites for hydroxylation is 1. The van der Waals surface area contributed by atoms with E-state index in [0.29, 0.717) is 17.6 Å². The van der Waals surface area contributed by atoms with E-state index in [2.05, 4.69) is 39.1 Å². The maximum absolute atomic E-state index is 12.0. The molecule has 0 saturated heterocycles. The van der Waals surface area contributed by atoms with Crippen molar-refractivity contribution in [3.63, 3.8) is 0 Å². The minimum Gasteiger partial charge on any atom is -0.507 e. The zero-order chi connectivity index (χ0) is 17.6. The van der Waals surface area contributed by atoms with Crippen LogP contribution in [0, 0.1) is 12.8 Å². The molecule has 0 radical (unpaired) electrons. The van der Waals surface area contributed by atoms with Gasteiger partial charge in [-0.3, -0.25) is 4.79 Å². The number of alkyl halides is 1. The average molecular weight is 350 g/mol. The fourth-order valence-corrected chi connectivity index (χ4v) is 4.83. The second-order valence-corrected chi connectivity index (χ2v) is 8.67. The molecule has 1 aromatic rings. The first-order valence-electron chi connectivity index (χ1n) is 8.98. The zero-order valence-corrected chi connectivity index (χ0v) is 15.8. The summed E-state index contributed by atoms with van der Waals surface area (Å²) in [6.07, 6.45) is 4.64. The van der Waals surface area contributed by atoms with Gasteiger partial charge in [0.05, 0.1) is 6.04 Å². The van der Waals surface area contributed by atoms with Gasteiger partial charge in [0.25, 0.3) is 0 Å². The Morgan fingerprint density at radius 2 is 1.96 bits per heavy atom. The molecule has 0 aliphatic heterocycles. The summed E-state index contributed by atoms with van der Waals surface area (Å²) in [5.41, 5.74) is 4.29. The largest absolute Gasteiger partial charge is 0.507 e. The van der Waals surface area contributed by atoms with E-state index < -0.39 is 0 Å². The van der Waals surface area contributed by atoms with E-state index in [1.165, 1.54) is 24.0 Å². The number of rotatable bonds is 2. The Hall–Kier alpha value is -1.22. The molecule has 3 nitrogen and oxygen atoms in total. The second kappa shape index (κ2) is 6.25. The van der Waals surface area contributed by atoms with Crippen LogP contribution < -0.4 is 5.32 Å². The van der Waals surface area contributed by atoms with Crippen molar-refractivity contribution in [1.82, 2.24) is 5.32 Å². The highest BCUT2D eigenvalue weighted by Crippen LogP contribution is 2.57. The first kappa shape index (κ1) is 17.6. The number of halogens is 1. The van der Waals surface area contributed by atoms with Crippen LogP contribution in [-0.4, -0.2) is 16.9 Å². The van der Waals surface area contributed by atoms with Crippen molar-refractivity contribution in [2.75, 3.05) is 5.88 Å². The van der Waals surface area contributed by atoms with E-state index >= 15 is 0 Å². The molecule has 2 N–H and O–H groups in total. The maximum atomic E-state index is 12.0. The molecule has 4 heteroatoms. The summed E-state index contributed by atoms with van der Waals surface area (Å²) >= 11 is 5.73. The van der Waals surface area contributed by atoms with Crippen LogP contribution >= 0.6 is 11.6 Å². The van der Waals surface area contributed by atoms with Gasteiger partial charge in [-0.05, 0) is 53.7 Å². The molecule has 0 heterocycles. The van der Waals surface area contributed by atoms with Crippen LogP contribution in [0.5, 0.6) is 5.75 Å². The molecule has 24 heavy (non-hydrogen) atoms. The molecule has 1 saturated carbocycles. The van der Waals surface area contributed by atoms with Crippen LogP contribution in [0.15, 0.2) is 6.07 Å². The number of carbonyl (C=O) groups is 1. The third-order valence-corrected chi connectivity index (χ3v) is 6.00. The van der Waals surface area contributed by atoms with Crippen molar-refractivity contribution in [3.05, 3.63) is 28.3 Å². The number of phenolic OH excluding ortho intramolecular Hbond substituents is 1. The van der Waals surface area contributed by atoms with Crippen molar-refractivity contribution in [2.24, 2.45) is 5.92 Å². The number of benzene rings is 1. The molecule has 3 rings (SSSR count). The van der Waals surface area contributed by atoms with E-state index in [1.807, 2.05) is 0 Å². The highest BCUT2D eigenvalue weighted by atomic mass is 35.5. The van der Waals surface area contributed by atoms with Crippen molar-refractivity contribution in [1.29, 1.82) is 0 Å². The van der Waals surface area contributed by atoms with Gasteiger partial charge >= 0.3 is 0 Å². The lowest BCUT2D eigenvalue weighted by molar-refractivity contribution is -0.119. The highest BCUT2D eigenvalue weighted by molar-refractivity contribution is 6.27. The fourth-order valence-electron chi connectivity index (χ4n) is 4.75. The van der Waals surface area contributed by atoms with Crippen LogP contribution in [0.25, 0.3) is 0 Å². The molecule has 0 aromatic heterocycles. The van der Waals surface area contributed by atoms with Crippen molar-refractivity contribution in [2.45, 2.75) is 70.8 Å². The van der Waals surface area contributed by atoms with E-state index in [9.17, 15) is 9.90 Å². The van der Waals surface area contributed by atoms with Gasteiger partial charge in [-0.1, -0.05) is 39.7 Å². The number of aromatic hydroxyl groups is 1. The summed E-state index contributed by atoms with van der Waals surface area (Å²) in [5, 5.41) is 14.2. The zero-order valence-electron chi connectivity index (χ0n) is 15.1. The molecule has 132 valence electrons. The van der Waals surface area contributed by atoms with Crippen molar-refractivity contribution >= 4 is 17.5 Å². The van der Waals surface area contributed by atoms with E-state index in [0.717, 1.165) is 24.0 Å². The summed E-state index contributed by atoms with van der Waals surface area (Å²) < 4.78 is 0. The number of amides is 1. The number of fused-ring (bicyclic) bond motifs is 3. The van der Waals surface area contributed by atoms with E-state index in [4.69, 9.17) is 11.6 Å². The summed E-state index contributed by atoms with van der Waals surface area (Å²) in [4.78, 5) is 12.0. The number of phenols is 1. The first-order chi connectivity index (χ1) is 11.3. The number of hydrogen-bond acceptors (Lipinski definition) is 2. The lowest BCUT2D eigenvalue weighted by Gasteiger charge is -2.30. The Labute approximate surface area is 149 Å². The SMILES string of the molecule is Cc1cc(C(C)(C)C)c(O)c2c1C1CCCCC1C2NC(=O)CCl. The van der Waals surface area contributed by atoms with Crippen LogP contribution in [0.3, 0.4) is 0 Å². The van der Waals surface area contributed by atoms with Gasteiger partial charge in [0.15, 0.2) is 0 Å². The number of carbonyl (C=O) groups excluding carboxylic acids is 1. The molecule has 3 unspecified atom stereocenters. The lowest BCUT2D eigenvalue weighted by Crippen LogP contribution is -2.33. The predicted octanol–water partition coefficient (Wildman–Crippen LogP) is 4.68. The van der Waals surface area contributed by atoms with Gasteiger partial charge in [0, 0.05) is 5.56 Å². The maximum Gasteiger partial charge on any atom is 0.235 e. The quantitative estimate of drug-likeness (QED) is 0.761. The molecule has 2 aliphatic carbocycles. The molecular weight excluding hydrogens is 322 g/mol. The van der Waals surface area contributed by atoms with Gasteiger partial charge < -0.3 is 10.4 Å². The van der Waals surface area contributed by atoms with Crippen molar-refractivity contribution < 1.29 is 9.90 Å². The summed E-state index contributed by atoms with van der Waals surface area (Å²) in [6, 6.07) is 2.03. The molecule has 1 fully saturated rings. The molecule has 0 bridgehead atoms. The minimum absolute atomic E-state index is 0.0398. The Bertz CT molecular complexity index is 663. The third kappa shape index (κ3) is 2.81. The Morgan fingerprint density at radius 1 is 1.29 bits per heavy atom. The van der Waals surface area contributed by atoms with Gasteiger partial charge in [0.1, 0.15) is 11.6 Å². The first-order valence-corrected chi connectivity index (χ1v) is 9.51. The highest BCUT2D eigenvalue weighted by Gasteiger charge is 2.45. The normalized spacial score (nSPS) is 26.0. The van der Waals surface area contributed by atoms with Crippen molar-refractivity contribution in [3.8, 4) is 5.75 Å². The van der Waals surface area contributed by atoms with Gasteiger partial charge in [-0.2, -0.15) is 0 Å². The smallest absolute Gasteiger partial charge is 0.235 e. The molecule has 0 spiro atoms. The third-order valence-electron chi connectivity index (χ3n) is 5.76. The molecular formula is C20H28ClNO2. The topological polar surface area (TPSA) is 49.3 Å². The second-order valence-electron chi connectivity index (χ2n) is 8.40. The average Bonchev–Trinajstić information content (AvgIpc) is 2.85. The number of hydrogen-bond donors (Lipinski definition) is 2. The minimum atomic E-state index is -0.156. The lowest BCUT2D eigenvalue weighted by atomic mass is 9.77. The molecule has 2 aliphatic rings. The van der Waals surface area contributed by atoms with Gasteiger partial charge in [-0.15, -0.1) is 11.6 Å². The summed E-state index contributed by atoms with van der Waals surface area (Å²) in [6.45, 7) is 8.48.